The molecule has 1 heterocycles. The van der Waals surface area contributed by atoms with Crippen LogP contribution in [0.3, 0.4) is 0 Å². The monoisotopic (exact) mass is 244 g/mol. The van der Waals surface area contributed by atoms with Gasteiger partial charge in [-0.15, -0.1) is 0 Å². The largest absolute Gasteiger partial charge is 0.295 e. The minimum absolute atomic E-state index is 0.103. The number of aryl methyl sites for hydroxylation is 2. The smallest absolute Gasteiger partial charge is 0.270 e. The minimum atomic E-state index is 0.103. The number of hydrogen-bond donors (Lipinski definition) is 1. The quantitative estimate of drug-likeness (QED) is 0.883. The summed E-state index contributed by atoms with van der Waals surface area (Å²) in [7, 11) is 0. The maximum absolute atomic E-state index is 12.3. The van der Waals surface area contributed by atoms with Crippen LogP contribution >= 0.6 is 0 Å². The lowest BCUT2D eigenvalue weighted by Gasteiger charge is -2.07. The summed E-state index contributed by atoms with van der Waals surface area (Å²) in [4.78, 5) is 12.3. The Morgan fingerprint density at radius 3 is 2.50 bits per heavy atom. The maximum atomic E-state index is 12.3. The molecule has 0 amide bonds. The van der Waals surface area contributed by atoms with Crippen molar-refractivity contribution in [2.45, 2.75) is 40.2 Å². The van der Waals surface area contributed by atoms with Gasteiger partial charge in [-0.3, -0.25) is 14.6 Å². The molecule has 0 spiro atoms. The number of aromatic amines is 1. The summed E-state index contributed by atoms with van der Waals surface area (Å²) in [5, 5.41) is 3.24. The van der Waals surface area contributed by atoms with E-state index in [4.69, 9.17) is 0 Å². The second-order valence-electron chi connectivity index (χ2n) is 4.92. The maximum Gasteiger partial charge on any atom is 0.270 e. The molecule has 1 aromatic carbocycles. The molecule has 0 bridgehead atoms. The van der Waals surface area contributed by atoms with Crippen LogP contribution in [0.1, 0.15) is 37.8 Å². The van der Waals surface area contributed by atoms with Gasteiger partial charge in [-0.05, 0) is 25.3 Å². The molecule has 1 N–H and O–H groups in total. The predicted molar refractivity (Wildman–Crippen MR) is 75.0 cm³/mol. The summed E-state index contributed by atoms with van der Waals surface area (Å²) in [6, 6.07) is 8.16. The standard InChI is InChI=1S/C15H20N2O/c1-5-17-15(18)13(10(2)3)14(16-17)12-9-7-6-8-11(12)4/h6-10,16H,5H2,1-4H3. The van der Waals surface area contributed by atoms with E-state index in [1.807, 2.05) is 19.1 Å². The van der Waals surface area contributed by atoms with Gasteiger partial charge >= 0.3 is 0 Å². The lowest BCUT2D eigenvalue weighted by molar-refractivity contribution is 0.636. The molecule has 0 radical (unpaired) electrons. The number of hydrogen-bond acceptors (Lipinski definition) is 1. The van der Waals surface area contributed by atoms with Gasteiger partial charge in [0.1, 0.15) is 0 Å². The summed E-state index contributed by atoms with van der Waals surface area (Å²) < 4.78 is 1.68. The molecule has 0 atom stereocenters. The fourth-order valence-electron chi connectivity index (χ4n) is 2.32. The molecule has 2 aromatic rings. The van der Waals surface area contributed by atoms with Crippen LogP contribution in [0.15, 0.2) is 29.1 Å². The Morgan fingerprint density at radius 2 is 1.94 bits per heavy atom. The zero-order valence-corrected chi connectivity index (χ0v) is 11.4. The van der Waals surface area contributed by atoms with Crippen molar-refractivity contribution < 1.29 is 0 Å². The van der Waals surface area contributed by atoms with Gasteiger partial charge in [0.25, 0.3) is 5.56 Å². The zero-order valence-electron chi connectivity index (χ0n) is 11.4. The first-order chi connectivity index (χ1) is 8.56. The number of benzene rings is 1. The fourth-order valence-corrected chi connectivity index (χ4v) is 2.32. The second-order valence-corrected chi connectivity index (χ2v) is 4.92. The molecule has 0 aliphatic carbocycles. The molecule has 0 aliphatic rings. The van der Waals surface area contributed by atoms with Gasteiger partial charge in [-0.25, -0.2) is 0 Å². The van der Waals surface area contributed by atoms with Crippen molar-refractivity contribution in [2.75, 3.05) is 0 Å². The third-order valence-corrected chi connectivity index (χ3v) is 3.30. The molecule has 2 rings (SSSR count). The van der Waals surface area contributed by atoms with Crippen LogP contribution in [0.2, 0.25) is 0 Å². The van der Waals surface area contributed by atoms with Crippen molar-refractivity contribution in [1.82, 2.24) is 9.78 Å². The molecule has 1 aromatic heterocycles. The Morgan fingerprint density at radius 1 is 1.28 bits per heavy atom. The van der Waals surface area contributed by atoms with E-state index in [0.717, 1.165) is 16.8 Å². The summed E-state index contributed by atoms with van der Waals surface area (Å²) in [5.74, 6) is 0.219. The molecular weight excluding hydrogens is 224 g/mol. The topological polar surface area (TPSA) is 37.8 Å². The average molecular weight is 244 g/mol. The zero-order chi connectivity index (χ0) is 13.3. The van der Waals surface area contributed by atoms with Crippen molar-refractivity contribution in [1.29, 1.82) is 0 Å². The molecule has 0 saturated carbocycles. The Balaban J connectivity index is 2.72. The van der Waals surface area contributed by atoms with Crippen LogP contribution in [0.4, 0.5) is 0 Å². The Labute approximate surface area is 107 Å². The summed E-state index contributed by atoms with van der Waals surface area (Å²) in [6.45, 7) is 8.84. The van der Waals surface area contributed by atoms with Crippen LogP contribution in [0.25, 0.3) is 11.3 Å². The third kappa shape index (κ3) is 2.01. The number of nitrogens with zero attached hydrogens (tertiary/aromatic N) is 1. The van der Waals surface area contributed by atoms with E-state index in [-0.39, 0.29) is 11.5 Å². The molecule has 0 unspecified atom stereocenters. The molecular formula is C15H20N2O. The Kier molecular flexibility index (Phi) is 3.41. The van der Waals surface area contributed by atoms with Gasteiger partial charge in [0.15, 0.2) is 0 Å². The van der Waals surface area contributed by atoms with Crippen molar-refractivity contribution in [3.05, 3.63) is 45.7 Å². The number of rotatable bonds is 3. The van der Waals surface area contributed by atoms with Gasteiger partial charge in [0.05, 0.1) is 5.69 Å². The van der Waals surface area contributed by atoms with Crippen molar-refractivity contribution in [3.63, 3.8) is 0 Å². The minimum Gasteiger partial charge on any atom is -0.295 e. The molecule has 18 heavy (non-hydrogen) atoms. The lowest BCUT2D eigenvalue weighted by Crippen LogP contribution is -2.18. The molecule has 3 nitrogen and oxygen atoms in total. The lowest BCUT2D eigenvalue weighted by atomic mass is 9.97. The molecule has 0 fully saturated rings. The fraction of sp³-hybridized carbons (Fsp3) is 0.400. The molecule has 0 aliphatic heterocycles. The van der Waals surface area contributed by atoms with Crippen molar-refractivity contribution in [3.8, 4) is 11.3 Å². The van der Waals surface area contributed by atoms with Crippen molar-refractivity contribution in [2.24, 2.45) is 0 Å². The highest BCUT2D eigenvalue weighted by molar-refractivity contribution is 5.66. The number of aromatic nitrogens is 2. The van der Waals surface area contributed by atoms with Crippen LogP contribution in [-0.4, -0.2) is 9.78 Å². The van der Waals surface area contributed by atoms with Gasteiger partial charge in [-0.1, -0.05) is 38.1 Å². The highest BCUT2D eigenvalue weighted by Crippen LogP contribution is 2.27. The first-order valence-electron chi connectivity index (χ1n) is 6.45. The molecule has 0 saturated heterocycles. The van der Waals surface area contributed by atoms with Crippen LogP contribution < -0.4 is 5.56 Å². The first-order valence-corrected chi connectivity index (χ1v) is 6.45. The molecule has 3 heteroatoms. The summed E-state index contributed by atoms with van der Waals surface area (Å²) in [6.07, 6.45) is 0. The van der Waals surface area contributed by atoms with E-state index in [0.29, 0.717) is 6.54 Å². The van der Waals surface area contributed by atoms with Gasteiger partial charge in [0, 0.05) is 17.7 Å². The van der Waals surface area contributed by atoms with E-state index >= 15 is 0 Å². The second kappa shape index (κ2) is 4.84. The predicted octanol–water partition coefficient (Wildman–Crippen LogP) is 3.30. The third-order valence-electron chi connectivity index (χ3n) is 3.30. The highest BCUT2D eigenvalue weighted by atomic mass is 16.1. The van der Waals surface area contributed by atoms with E-state index in [1.165, 1.54) is 5.56 Å². The van der Waals surface area contributed by atoms with Crippen LogP contribution in [0.5, 0.6) is 0 Å². The summed E-state index contributed by atoms with van der Waals surface area (Å²) >= 11 is 0. The van der Waals surface area contributed by atoms with E-state index in [2.05, 4.69) is 38.0 Å². The van der Waals surface area contributed by atoms with Crippen molar-refractivity contribution >= 4 is 0 Å². The number of H-pyrrole nitrogens is 1. The molecule has 96 valence electrons. The van der Waals surface area contributed by atoms with E-state index < -0.39 is 0 Å². The highest BCUT2D eigenvalue weighted by Gasteiger charge is 2.18. The van der Waals surface area contributed by atoms with E-state index in [9.17, 15) is 4.79 Å². The normalized spacial score (nSPS) is 11.2. The van der Waals surface area contributed by atoms with Gasteiger partial charge < -0.3 is 0 Å². The summed E-state index contributed by atoms with van der Waals surface area (Å²) in [5.41, 5.74) is 4.25. The number of nitrogens with one attached hydrogen (secondary N) is 1. The Hall–Kier alpha value is -1.77. The van der Waals surface area contributed by atoms with Gasteiger partial charge in [-0.2, -0.15) is 0 Å². The van der Waals surface area contributed by atoms with Crippen LogP contribution in [-0.2, 0) is 6.54 Å². The SMILES string of the molecule is CCn1[nH]c(-c2ccccc2C)c(C(C)C)c1=O. The van der Waals surface area contributed by atoms with Gasteiger partial charge in [0.2, 0.25) is 0 Å². The Bertz CT molecular complexity index is 605. The first kappa shape index (κ1) is 12.7. The van der Waals surface area contributed by atoms with Crippen LogP contribution in [0, 0.1) is 6.92 Å². The average Bonchev–Trinajstić information content (AvgIpc) is 2.66. The van der Waals surface area contributed by atoms with E-state index in [1.54, 1.807) is 4.68 Å².